The van der Waals surface area contributed by atoms with Gasteiger partial charge in [-0.25, -0.2) is 4.39 Å². The van der Waals surface area contributed by atoms with Crippen LogP contribution in [0.2, 0.25) is 5.02 Å². The van der Waals surface area contributed by atoms with Crippen molar-refractivity contribution in [2.45, 2.75) is 57.3 Å². The maximum Gasteiger partial charge on any atom is 0.142 e. The average molecular weight is 365 g/mol. The Morgan fingerprint density at radius 2 is 1.68 bits per heavy atom. The van der Waals surface area contributed by atoms with Gasteiger partial charge in [0, 0.05) is 7.11 Å². The number of rotatable bonds is 5. The zero-order chi connectivity index (χ0) is 17.6. The highest BCUT2D eigenvalue weighted by atomic mass is 35.5. The van der Waals surface area contributed by atoms with Gasteiger partial charge < -0.3 is 4.74 Å². The van der Waals surface area contributed by atoms with E-state index in [1.807, 2.05) is 6.07 Å². The van der Waals surface area contributed by atoms with Gasteiger partial charge in [0.2, 0.25) is 0 Å². The second-order valence-corrected chi connectivity index (χ2v) is 8.25. The van der Waals surface area contributed by atoms with Crippen molar-refractivity contribution in [2.75, 3.05) is 13.7 Å². The van der Waals surface area contributed by atoms with Crippen LogP contribution in [0.25, 0.3) is 0 Å². The van der Waals surface area contributed by atoms with Crippen molar-refractivity contribution in [2.24, 2.45) is 17.8 Å². The third kappa shape index (κ3) is 5.08. The number of hydrogen-bond donors (Lipinski definition) is 0. The minimum Gasteiger partial charge on any atom is -0.381 e. The van der Waals surface area contributed by atoms with E-state index >= 15 is 0 Å². The van der Waals surface area contributed by atoms with E-state index in [1.54, 1.807) is 19.2 Å². The molecule has 0 aromatic heterocycles. The van der Waals surface area contributed by atoms with E-state index in [2.05, 4.69) is 12.2 Å². The minimum atomic E-state index is -0.277. The topological polar surface area (TPSA) is 9.23 Å². The monoisotopic (exact) mass is 364 g/mol. The summed E-state index contributed by atoms with van der Waals surface area (Å²) in [5.74, 6) is 2.75. The number of halogens is 2. The lowest BCUT2D eigenvalue weighted by atomic mass is 9.68. The Hall–Kier alpha value is -0.860. The molecule has 2 saturated carbocycles. The molecule has 1 nitrogen and oxygen atoms in total. The van der Waals surface area contributed by atoms with Gasteiger partial charge in [0.05, 0.1) is 11.6 Å². The van der Waals surface area contributed by atoms with Gasteiger partial charge in [0.15, 0.2) is 0 Å². The summed E-state index contributed by atoms with van der Waals surface area (Å²) in [6, 6.07) is 5.36. The molecule has 0 radical (unpaired) electrons. The van der Waals surface area contributed by atoms with Gasteiger partial charge in [0.1, 0.15) is 5.82 Å². The van der Waals surface area contributed by atoms with Gasteiger partial charge in [-0.3, -0.25) is 0 Å². The fourth-order valence-electron chi connectivity index (χ4n) is 4.84. The van der Waals surface area contributed by atoms with E-state index in [-0.39, 0.29) is 10.8 Å². The summed E-state index contributed by atoms with van der Waals surface area (Å²) in [6.07, 6.45) is 14.9. The molecule has 25 heavy (non-hydrogen) atoms. The number of methoxy groups -OCH3 is 1. The highest BCUT2D eigenvalue weighted by molar-refractivity contribution is 6.30. The molecular weight excluding hydrogens is 335 g/mol. The summed E-state index contributed by atoms with van der Waals surface area (Å²) in [7, 11) is 1.75. The first-order valence-electron chi connectivity index (χ1n) is 9.78. The molecule has 0 bridgehead atoms. The average Bonchev–Trinajstić information content (AvgIpc) is 2.65. The molecule has 138 valence electrons. The van der Waals surface area contributed by atoms with Gasteiger partial charge in [-0.05, 0) is 92.7 Å². The molecule has 3 heteroatoms. The third-order valence-corrected chi connectivity index (χ3v) is 6.65. The quantitative estimate of drug-likeness (QED) is 0.524. The summed E-state index contributed by atoms with van der Waals surface area (Å²) >= 11 is 5.81. The molecule has 1 aromatic rings. The summed E-state index contributed by atoms with van der Waals surface area (Å²) in [6.45, 7) is 0.731. The Kier molecular flexibility index (Phi) is 6.95. The molecule has 0 unspecified atom stereocenters. The summed E-state index contributed by atoms with van der Waals surface area (Å²) in [5, 5.41) is 0.230. The summed E-state index contributed by atoms with van der Waals surface area (Å²) < 4.78 is 18.8. The lowest BCUT2D eigenvalue weighted by Gasteiger charge is -2.37. The largest absolute Gasteiger partial charge is 0.381 e. The van der Waals surface area contributed by atoms with Gasteiger partial charge in [0.25, 0.3) is 0 Å². The predicted octanol–water partition coefficient (Wildman–Crippen LogP) is 6.76. The summed E-state index contributed by atoms with van der Waals surface area (Å²) in [4.78, 5) is 0. The predicted molar refractivity (Wildman–Crippen MR) is 103 cm³/mol. The van der Waals surface area contributed by atoms with Gasteiger partial charge in [-0.15, -0.1) is 0 Å². The molecule has 0 aliphatic heterocycles. The Morgan fingerprint density at radius 3 is 2.28 bits per heavy atom. The third-order valence-electron chi connectivity index (χ3n) is 6.34. The van der Waals surface area contributed by atoms with Crippen LogP contribution in [0.4, 0.5) is 4.39 Å². The smallest absolute Gasteiger partial charge is 0.142 e. The second-order valence-electron chi connectivity index (χ2n) is 7.84. The lowest BCUT2D eigenvalue weighted by molar-refractivity contribution is 0.171. The van der Waals surface area contributed by atoms with Crippen LogP contribution in [-0.2, 0) is 4.74 Å². The highest BCUT2D eigenvalue weighted by Gasteiger charge is 2.30. The highest BCUT2D eigenvalue weighted by Crippen LogP contribution is 2.44. The number of allylic oxidation sites excluding steroid dienone is 1. The second kappa shape index (κ2) is 9.19. The minimum absolute atomic E-state index is 0.230. The van der Waals surface area contributed by atoms with Gasteiger partial charge >= 0.3 is 0 Å². The molecule has 0 spiro atoms. The molecule has 1 aromatic carbocycles. The van der Waals surface area contributed by atoms with Crippen molar-refractivity contribution >= 4 is 11.6 Å². The number of benzene rings is 1. The van der Waals surface area contributed by atoms with Gasteiger partial charge in [-0.1, -0.05) is 29.8 Å². The molecule has 3 rings (SSSR count). The fourth-order valence-corrected chi connectivity index (χ4v) is 4.96. The van der Waals surface area contributed by atoms with E-state index in [0.717, 1.165) is 29.9 Å². The molecule has 2 fully saturated rings. The van der Waals surface area contributed by atoms with Crippen molar-refractivity contribution in [3.8, 4) is 0 Å². The molecule has 0 amide bonds. The molecule has 0 saturated heterocycles. The maximum absolute atomic E-state index is 13.7. The van der Waals surface area contributed by atoms with Crippen molar-refractivity contribution in [1.29, 1.82) is 0 Å². The summed E-state index contributed by atoms with van der Waals surface area (Å²) in [5.41, 5.74) is 1.13. The van der Waals surface area contributed by atoms with Crippen LogP contribution in [0, 0.1) is 23.6 Å². The van der Waals surface area contributed by atoms with Crippen LogP contribution in [0.5, 0.6) is 0 Å². The Morgan fingerprint density at radius 1 is 1.04 bits per heavy atom. The van der Waals surface area contributed by atoms with Crippen molar-refractivity contribution in [3.05, 3.63) is 46.8 Å². The van der Waals surface area contributed by atoms with Crippen molar-refractivity contribution in [3.63, 3.8) is 0 Å². The van der Waals surface area contributed by atoms with Crippen molar-refractivity contribution in [1.82, 2.24) is 0 Å². The van der Waals surface area contributed by atoms with E-state index in [9.17, 15) is 4.39 Å². The normalized spacial score (nSPS) is 30.7. The first-order valence-corrected chi connectivity index (χ1v) is 10.2. The zero-order valence-corrected chi connectivity index (χ0v) is 16.0. The number of hydrogen-bond acceptors (Lipinski definition) is 1. The molecule has 0 N–H and O–H groups in total. The molecule has 0 heterocycles. The van der Waals surface area contributed by atoms with Gasteiger partial charge in [-0.2, -0.15) is 0 Å². The van der Waals surface area contributed by atoms with Crippen LogP contribution in [0.15, 0.2) is 30.4 Å². The SMILES string of the molecule is COC/C=C/C1CCC(C2CCC(c3ccc(Cl)c(F)c3)CC2)CC1. The molecule has 0 atom stereocenters. The van der Waals surface area contributed by atoms with Crippen LogP contribution >= 0.6 is 11.6 Å². The fraction of sp³-hybridized carbons (Fsp3) is 0.636. The van der Waals surface area contributed by atoms with Crippen LogP contribution < -0.4 is 0 Å². The molecule has 2 aliphatic carbocycles. The van der Waals surface area contributed by atoms with E-state index in [0.29, 0.717) is 5.92 Å². The van der Waals surface area contributed by atoms with E-state index < -0.39 is 0 Å². The Labute approximate surface area is 156 Å². The van der Waals surface area contributed by atoms with Crippen LogP contribution in [0.1, 0.15) is 62.8 Å². The van der Waals surface area contributed by atoms with Crippen LogP contribution in [-0.4, -0.2) is 13.7 Å². The Balaban J connectivity index is 1.46. The van der Waals surface area contributed by atoms with E-state index in [4.69, 9.17) is 16.3 Å². The molecule has 2 aliphatic rings. The lowest BCUT2D eigenvalue weighted by Crippen LogP contribution is -2.25. The van der Waals surface area contributed by atoms with Crippen molar-refractivity contribution < 1.29 is 9.13 Å². The van der Waals surface area contributed by atoms with E-state index in [1.165, 1.54) is 51.4 Å². The maximum atomic E-state index is 13.7. The number of ether oxygens (including phenoxy) is 1. The van der Waals surface area contributed by atoms with Crippen LogP contribution in [0.3, 0.4) is 0 Å². The molecular formula is C22H30ClFO. The Bertz CT molecular complexity index is 569. The zero-order valence-electron chi connectivity index (χ0n) is 15.2. The first-order chi connectivity index (χ1) is 12.2. The first kappa shape index (κ1) is 18.9. The standard InChI is InChI=1S/C22H30ClFO/c1-25-14-2-3-16-4-6-17(7-5-16)18-8-10-19(11-9-18)20-12-13-21(23)22(24)15-20/h2-3,12-13,15-19H,4-11,14H2,1H3/b3-2+.